The van der Waals surface area contributed by atoms with Gasteiger partial charge in [-0.25, -0.2) is 4.98 Å². The van der Waals surface area contributed by atoms with Crippen LogP contribution in [-0.2, 0) is 11.3 Å². The molecule has 24 heavy (non-hydrogen) atoms. The molecule has 0 radical (unpaired) electrons. The third-order valence-corrected chi connectivity index (χ3v) is 3.12. The minimum atomic E-state index is -0.468. The number of carbonyl (C=O) groups is 1. The van der Waals surface area contributed by atoms with Crippen molar-refractivity contribution < 1.29 is 14.5 Å². The molecule has 124 valence electrons. The number of rotatable bonds is 7. The molecule has 0 fully saturated rings. The smallest absolute Gasteiger partial charge is 0.269 e. The van der Waals surface area contributed by atoms with Gasteiger partial charge in [0.2, 0.25) is 11.8 Å². The van der Waals surface area contributed by atoms with E-state index in [0.29, 0.717) is 24.6 Å². The van der Waals surface area contributed by atoms with Crippen LogP contribution >= 0.6 is 0 Å². The van der Waals surface area contributed by atoms with Crippen LogP contribution < -0.4 is 10.1 Å². The van der Waals surface area contributed by atoms with Gasteiger partial charge in [-0.3, -0.25) is 14.9 Å². The Balaban J connectivity index is 1.92. The Morgan fingerprint density at radius 2 is 2.08 bits per heavy atom. The molecule has 0 saturated carbocycles. The largest absolute Gasteiger partial charge is 0.478 e. The predicted molar refractivity (Wildman–Crippen MR) is 89.4 cm³/mol. The number of amides is 1. The van der Waals surface area contributed by atoms with E-state index in [4.69, 9.17) is 4.74 Å². The van der Waals surface area contributed by atoms with Crippen molar-refractivity contribution in [3.05, 3.63) is 69.9 Å². The Morgan fingerprint density at radius 3 is 2.75 bits per heavy atom. The van der Waals surface area contributed by atoms with E-state index < -0.39 is 4.92 Å². The van der Waals surface area contributed by atoms with Crippen molar-refractivity contribution in [3.8, 4) is 5.88 Å². The highest BCUT2D eigenvalue weighted by Gasteiger charge is 2.05. The van der Waals surface area contributed by atoms with E-state index in [1.54, 1.807) is 30.5 Å². The zero-order valence-corrected chi connectivity index (χ0v) is 13.1. The summed E-state index contributed by atoms with van der Waals surface area (Å²) in [7, 11) is 0. The van der Waals surface area contributed by atoms with E-state index in [-0.39, 0.29) is 11.6 Å². The average Bonchev–Trinajstić information content (AvgIpc) is 2.60. The molecule has 7 nitrogen and oxygen atoms in total. The molecule has 1 heterocycles. The normalized spacial score (nSPS) is 10.5. The van der Waals surface area contributed by atoms with Crippen molar-refractivity contribution in [2.24, 2.45) is 0 Å². The standard InChI is InChI=1S/C17H17N3O4/c1-2-24-17-14(4-3-11-18-17)12-19-16(21)10-7-13-5-8-15(9-6-13)20(22)23/h3-11H,2,12H2,1H3,(H,19,21)/b10-7+. The second kappa shape index (κ2) is 8.42. The van der Waals surface area contributed by atoms with E-state index >= 15 is 0 Å². The number of pyridine rings is 1. The minimum Gasteiger partial charge on any atom is -0.478 e. The molecule has 0 spiro atoms. The molecule has 0 bridgehead atoms. The molecule has 0 aliphatic rings. The summed E-state index contributed by atoms with van der Waals surface area (Å²) in [5.74, 6) is 0.222. The summed E-state index contributed by atoms with van der Waals surface area (Å²) in [6.45, 7) is 2.66. The van der Waals surface area contributed by atoms with Crippen LogP contribution in [0.1, 0.15) is 18.1 Å². The van der Waals surface area contributed by atoms with Crippen molar-refractivity contribution in [2.45, 2.75) is 13.5 Å². The van der Waals surface area contributed by atoms with Crippen LogP contribution in [0, 0.1) is 10.1 Å². The molecule has 0 saturated heterocycles. The fraction of sp³-hybridized carbons (Fsp3) is 0.176. The molecule has 1 aromatic carbocycles. The molecule has 2 rings (SSSR count). The van der Waals surface area contributed by atoms with Crippen molar-refractivity contribution in [2.75, 3.05) is 6.61 Å². The van der Waals surface area contributed by atoms with Gasteiger partial charge in [0.25, 0.3) is 5.69 Å². The van der Waals surface area contributed by atoms with Crippen LogP contribution in [0.2, 0.25) is 0 Å². The highest BCUT2D eigenvalue weighted by molar-refractivity contribution is 5.91. The zero-order chi connectivity index (χ0) is 17.4. The van der Waals surface area contributed by atoms with Gasteiger partial charge < -0.3 is 10.1 Å². The van der Waals surface area contributed by atoms with Crippen LogP contribution in [0.5, 0.6) is 5.88 Å². The maximum absolute atomic E-state index is 11.9. The van der Waals surface area contributed by atoms with E-state index in [1.165, 1.54) is 18.2 Å². The number of benzene rings is 1. The summed E-state index contributed by atoms with van der Waals surface area (Å²) in [5.41, 5.74) is 1.50. The minimum absolute atomic E-state index is 0.0108. The zero-order valence-electron chi connectivity index (χ0n) is 13.1. The van der Waals surface area contributed by atoms with E-state index in [2.05, 4.69) is 10.3 Å². The highest BCUT2D eigenvalue weighted by atomic mass is 16.6. The molecule has 0 aliphatic carbocycles. The molecule has 0 aliphatic heterocycles. The van der Waals surface area contributed by atoms with Crippen molar-refractivity contribution >= 4 is 17.7 Å². The third kappa shape index (κ3) is 4.91. The summed E-state index contributed by atoms with van der Waals surface area (Å²) < 4.78 is 5.39. The van der Waals surface area contributed by atoms with Gasteiger partial charge in [0.1, 0.15) is 0 Å². The molecule has 2 aromatic rings. The van der Waals surface area contributed by atoms with Crippen molar-refractivity contribution in [1.29, 1.82) is 0 Å². The van der Waals surface area contributed by atoms with Gasteiger partial charge in [-0.05, 0) is 36.8 Å². The first-order valence-electron chi connectivity index (χ1n) is 7.37. The van der Waals surface area contributed by atoms with Crippen LogP contribution in [-0.4, -0.2) is 22.4 Å². The van der Waals surface area contributed by atoms with E-state index in [9.17, 15) is 14.9 Å². The lowest BCUT2D eigenvalue weighted by Gasteiger charge is -2.08. The van der Waals surface area contributed by atoms with E-state index in [1.807, 2.05) is 13.0 Å². The average molecular weight is 327 g/mol. The molecule has 0 unspecified atom stereocenters. The lowest BCUT2D eigenvalue weighted by atomic mass is 10.2. The number of aromatic nitrogens is 1. The van der Waals surface area contributed by atoms with Crippen LogP contribution in [0.3, 0.4) is 0 Å². The maximum atomic E-state index is 11.9. The molecule has 0 atom stereocenters. The number of nitrogens with one attached hydrogen (secondary N) is 1. The number of hydrogen-bond acceptors (Lipinski definition) is 5. The summed E-state index contributed by atoms with van der Waals surface area (Å²) in [4.78, 5) is 26.1. The predicted octanol–water partition coefficient (Wildman–Crippen LogP) is 2.72. The first kappa shape index (κ1) is 17.1. The van der Waals surface area contributed by atoms with Gasteiger partial charge in [-0.15, -0.1) is 0 Å². The number of nitro benzene ring substituents is 1. The molecule has 1 amide bonds. The van der Waals surface area contributed by atoms with Gasteiger partial charge >= 0.3 is 0 Å². The Morgan fingerprint density at radius 1 is 1.33 bits per heavy atom. The third-order valence-electron chi connectivity index (χ3n) is 3.12. The van der Waals surface area contributed by atoms with Gasteiger partial charge in [0.15, 0.2) is 0 Å². The number of ether oxygens (including phenoxy) is 1. The summed E-state index contributed by atoms with van der Waals surface area (Å²) in [5, 5.41) is 13.3. The molecule has 1 N–H and O–H groups in total. The Bertz CT molecular complexity index is 742. The Labute approximate surface area is 139 Å². The Kier molecular flexibility index (Phi) is 6.01. The number of carbonyl (C=O) groups excluding carboxylic acids is 1. The Hall–Kier alpha value is -3.22. The maximum Gasteiger partial charge on any atom is 0.269 e. The first-order chi connectivity index (χ1) is 11.6. The fourth-order valence-electron chi connectivity index (χ4n) is 1.95. The van der Waals surface area contributed by atoms with Crippen LogP contribution in [0.25, 0.3) is 6.08 Å². The van der Waals surface area contributed by atoms with Gasteiger partial charge in [-0.2, -0.15) is 0 Å². The van der Waals surface area contributed by atoms with Gasteiger partial charge in [0.05, 0.1) is 11.5 Å². The molecule has 7 heteroatoms. The number of nitro groups is 1. The van der Waals surface area contributed by atoms with Crippen molar-refractivity contribution in [1.82, 2.24) is 10.3 Å². The SMILES string of the molecule is CCOc1ncccc1CNC(=O)/C=C/c1ccc([N+](=O)[O-])cc1. The number of hydrogen-bond donors (Lipinski definition) is 1. The summed E-state index contributed by atoms with van der Waals surface area (Å²) in [6, 6.07) is 9.55. The highest BCUT2D eigenvalue weighted by Crippen LogP contribution is 2.14. The molecular weight excluding hydrogens is 310 g/mol. The lowest BCUT2D eigenvalue weighted by molar-refractivity contribution is -0.384. The van der Waals surface area contributed by atoms with Crippen LogP contribution in [0.4, 0.5) is 5.69 Å². The van der Waals surface area contributed by atoms with Gasteiger partial charge in [-0.1, -0.05) is 6.07 Å². The van der Waals surface area contributed by atoms with Gasteiger partial charge in [0, 0.05) is 36.5 Å². The fourth-order valence-corrected chi connectivity index (χ4v) is 1.95. The molecular formula is C17H17N3O4. The number of non-ortho nitro benzene ring substituents is 1. The summed E-state index contributed by atoms with van der Waals surface area (Å²) >= 11 is 0. The number of nitrogens with zero attached hydrogens (tertiary/aromatic N) is 2. The monoisotopic (exact) mass is 327 g/mol. The topological polar surface area (TPSA) is 94.4 Å². The van der Waals surface area contributed by atoms with E-state index in [0.717, 1.165) is 5.56 Å². The van der Waals surface area contributed by atoms with Crippen LogP contribution in [0.15, 0.2) is 48.7 Å². The second-order valence-electron chi connectivity index (χ2n) is 4.80. The lowest BCUT2D eigenvalue weighted by Crippen LogP contribution is -2.20. The summed E-state index contributed by atoms with van der Waals surface area (Å²) in [6.07, 6.45) is 4.59. The quantitative estimate of drug-likeness (QED) is 0.479. The second-order valence-corrected chi connectivity index (χ2v) is 4.80. The van der Waals surface area contributed by atoms with Crippen molar-refractivity contribution in [3.63, 3.8) is 0 Å². The molecule has 1 aromatic heterocycles. The first-order valence-corrected chi connectivity index (χ1v) is 7.37.